The van der Waals surface area contributed by atoms with E-state index in [2.05, 4.69) is 30.8 Å². The Kier molecular flexibility index (Phi) is 5.05. The fraction of sp³-hybridized carbons (Fsp3) is 0.500. The summed E-state index contributed by atoms with van der Waals surface area (Å²) in [6.07, 6.45) is 1.06. The van der Waals surface area contributed by atoms with Crippen LogP contribution in [0.25, 0.3) is 10.9 Å². The summed E-state index contributed by atoms with van der Waals surface area (Å²) < 4.78 is 20.2. The summed E-state index contributed by atoms with van der Waals surface area (Å²) in [4.78, 5) is 24.5. The Labute approximate surface area is 160 Å². The minimum Gasteiger partial charge on any atom is -0.444 e. The van der Waals surface area contributed by atoms with Crippen molar-refractivity contribution >= 4 is 38.7 Å². The molecule has 0 spiro atoms. The molecule has 0 bridgehead atoms. The first-order valence-corrected chi connectivity index (χ1v) is 9.30. The molecule has 1 fully saturated rings. The zero-order valence-electron chi connectivity index (χ0n) is 15.3. The van der Waals surface area contributed by atoms with Crippen molar-refractivity contribution in [3.05, 3.63) is 28.7 Å². The van der Waals surface area contributed by atoms with E-state index < -0.39 is 11.4 Å². The molecule has 26 heavy (non-hydrogen) atoms. The Balaban J connectivity index is 1.84. The third-order valence-corrected chi connectivity index (χ3v) is 4.84. The number of ether oxygens (including phenoxy) is 1. The third kappa shape index (κ3) is 3.75. The second-order valence-electron chi connectivity index (χ2n) is 7.42. The lowest BCUT2D eigenvalue weighted by atomic mass is 10.1. The van der Waals surface area contributed by atoms with Gasteiger partial charge in [-0.2, -0.15) is 0 Å². The molecule has 2 heterocycles. The second-order valence-corrected chi connectivity index (χ2v) is 8.28. The maximum atomic E-state index is 14.3. The fourth-order valence-corrected chi connectivity index (χ4v) is 3.37. The van der Waals surface area contributed by atoms with E-state index in [1.807, 2.05) is 33.8 Å². The van der Waals surface area contributed by atoms with Gasteiger partial charge in [0.1, 0.15) is 23.3 Å². The van der Waals surface area contributed by atoms with Crippen molar-refractivity contribution in [2.45, 2.75) is 39.3 Å². The van der Waals surface area contributed by atoms with E-state index in [0.717, 1.165) is 0 Å². The normalized spacial score (nSPS) is 18.3. The molecule has 0 aliphatic carbocycles. The number of halogens is 2. The lowest BCUT2D eigenvalue weighted by molar-refractivity contribution is 0.0218. The van der Waals surface area contributed by atoms with Crippen molar-refractivity contribution in [1.29, 1.82) is 0 Å². The third-order valence-electron chi connectivity index (χ3n) is 4.23. The summed E-state index contributed by atoms with van der Waals surface area (Å²) in [5.41, 5.74) is -0.239. The summed E-state index contributed by atoms with van der Waals surface area (Å²) in [6, 6.07) is 3.48. The molecule has 1 aromatic carbocycles. The number of nitrogens with zero attached hydrogens (tertiary/aromatic N) is 4. The monoisotopic (exact) mass is 424 g/mol. The number of aromatic nitrogens is 2. The molecule has 1 atom stereocenters. The van der Waals surface area contributed by atoms with Gasteiger partial charge in [0.2, 0.25) is 0 Å². The highest BCUT2D eigenvalue weighted by Gasteiger charge is 2.31. The summed E-state index contributed by atoms with van der Waals surface area (Å²) in [5, 5.41) is 0.658. The Morgan fingerprint density at radius 1 is 1.31 bits per heavy atom. The standard InChI is InChI=1S/C18H22BrFN4O2/c1-11-9-23(17(25)26-18(2,3)4)7-8-24(11)16-12-5-6-13(19)14(20)15(12)21-10-22-16/h5-6,10-11H,7-9H2,1-4H3/t11-/m1/s1. The van der Waals surface area contributed by atoms with Crippen LogP contribution in [0.1, 0.15) is 27.7 Å². The van der Waals surface area contributed by atoms with Crippen molar-refractivity contribution in [2.24, 2.45) is 0 Å². The molecular formula is C18H22BrFN4O2. The van der Waals surface area contributed by atoms with Gasteiger partial charge in [-0.3, -0.25) is 0 Å². The summed E-state index contributed by atoms with van der Waals surface area (Å²) in [7, 11) is 0. The summed E-state index contributed by atoms with van der Waals surface area (Å²) >= 11 is 3.19. The van der Waals surface area contributed by atoms with Gasteiger partial charge in [0.25, 0.3) is 0 Å². The number of anilines is 1. The molecule has 0 N–H and O–H groups in total. The van der Waals surface area contributed by atoms with Gasteiger partial charge in [0.05, 0.1) is 4.47 Å². The van der Waals surface area contributed by atoms with Gasteiger partial charge in [0, 0.05) is 31.1 Å². The predicted octanol–water partition coefficient (Wildman–Crippen LogP) is 3.98. The molecule has 2 aromatic rings. The van der Waals surface area contributed by atoms with Gasteiger partial charge in [-0.15, -0.1) is 0 Å². The van der Waals surface area contributed by atoms with Crippen LogP contribution in [0.5, 0.6) is 0 Å². The van der Waals surface area contributed by atoms with Gasteiger partial charge in [-0.05, 0) is 55.8 Å². The first kappa shape index (κ1) is 18.8. The van der Waals surface area contributed by atoms with Gasteiger partial charge in [-0.25, -0.2) is 19.2 Å². The van der Waals surface area contributed by atoms with Crippen LogP contribution in [-0.4, -0.2) is 52.2 Å². The lowest BCUT2D eigenvalue weighted by Gasteiger charge is -2.41. The SMILES string of the molecule is C[C@@H]1CN(C(=O)OC(C)(C)C)CCN1c1ncnc2c(F)c(Br)ccc12. The van der Waals surface area contributed by atoms with Crippen molar-refractivity contribution in [3.8, 4) is 0 Å². The molecule has 8 heteroatoms. The topological polar surface area (TPSA) is 58.6 Å². The second kappa shape index (κ2) is 6.98. The van der Waals surface area contributed by atoms with Crippen molar-refractivity contribution < 1.29 is 13.9 Å². The van der Waals surface area contributed by atoms with Crippen LogP contribution in [-0.2, 0) is 4.74 Å². The van der Waals surface area contributed by atoms with Crippen molar-refractivity contribution in [1.82, 2.24) is 14.9 Å². The van der Waals surface area contributed by atoms with E-state index in [9.17, 15) is 9.18 Å². The van der Waals surface area contributed by atoms with Gasteiger partial charge < -0.3 is 14.5 Å². The molecule has 1 aromatic heterocycles. The molecule has 6 nitrogen and oxygen atoms in total. The molecule has 140 valence electrons. The largest absolute Gasteiger partial charge is 0.444 e. The van der Waals surface area contributed by atoms with Crippen LogP contribution in [0.4, 0.5) is 15.0 Å². The predicted molar refractivity (Wildman–Crippen MR) is 102 cm³/mol. The lowest BCUT2D eigenvalue weighted by Crippen LogP contribution is -2.54. The Hall–Kier alpha value is -1.96. The van der Waals surface area contributed by atoms with Gasteiger partial charge in [0.15, 0.2) is 5.82 Å². The molecule has 0 radical (unpaired) electrons. The Morgan fingerprint density at radius 2 is 2.04 bits per heavy atom. The highest BCUT2D eigenvalue weighted by molar-refractivity contribution is 9.10. The van der Waals surface area contributed by atoms with Crippen LogP contribution in [0, 0.1) is 5.82 Å². The first-order chi connectivity index (χ1) is 12.2. The maximum absolute atomic E-state index is 14.3. The zero-order valence-corrected chi connectivity index (χ0v) is 16.9. The number of benzene rings is 1. The Bertz CT molecular complexity index is 840. The number of carbonyl (C=O) groups excluding carboxylic acids is 1. The van der Waals surface area contributed by atoms with Crippen LogP contribution >= 0.6 is 15.9 Å². The Morgan fingerprint density at radius 3 is 2.69 bits per heavy atom. The molecule has 1 aliphatic heterocycles. The number of piperazine rings is 1. The van der Waals surface area contributed by atoms with Crippen LogP contribution in [0.2, 0.25) is 0 Å². The van der Waals surface area contributed by atoms with E-state index in [0.29, 0.717) is 35.3 Å². The van der Waals surface area contributed by atoms with Crippen LogP contribution in [0.15, 0.2) is 22.9 Å². The average Bonchev–Trinajstić information content (AvgIpc) is 2.56. The number of rotatable bonds is 1. The van der Waals surface area contributed by atoms with Gasteiger partial charge >= 0.3 is 6.09 Å². The zero-order chi connectivity index (χ0) is 19.1. The summed E-state index contributed by atoms with van der Waals surface area (Å²) in [5.74, 6) is 0.281. The summed E-state index contributed by atoms with van der Waals surface area (Å²) in [6.45, 7) is 9.19. The van der Waals surface area contributed by atoms with Gasteiger partial charge in [-0.1, -0.05) is 0 Å². The highest BCUT2D eigenvalue weighted by atomic mass is 79.9. The molecule has 1 aliphatic rings. The number of hydrogen-bond acceptors (Lipinski definition) is 5. The van der Waals surface area contributed by atoms with Crippen molar-refractivity contribution in [2.75, 3.05) is 24.5 Å². The van der Waals surface area contributed by atoms with E-state index >= 15 is 0 Å². The van der Waals surface area contributed by atoms with Crippen molar-refractivity contribution in [3.63, 3.8) is 0 Å². The highest BCUT2D eigenvalue weighted by Crippen LogP contribution is 2.30. The number of carbonyl (C=O) groups is 1. The molecule has 1 amide bonds. The molecule has 0 saturated carbocycles. The average molecular weight is 425 g/mol. The first-order valence-electron chi connectivity index (χ1n) is 8.50. The number of amides is 1. The molecule has 0 unspecified atom stereocenters. The number of hydrogen-bond donors (Lipinski definition) is 0. The fourth-order valence-electron chi connectivity index (χ4n) is 3.05. The van der Waals surface area contributed by atoms with E-state index in [1.54, 1.807) is 11.0 Å². The molecule has 1 saturated heterocycles. The minimum absolute atomic E-state index is 0.0149. The van der Waals surface area contributed by atoms with Crippen LogP contribution in [0.3, 0.4) is 0 Å². The molecule has 3 rings (SSSR count). The maximum Gasteiger partial charge on any atom is 0.410 e. The van der Waals surface area contributed by atoms with E-state index in [1.165, 1.54) is 6.33 Å². The molecular weight excluding hydrogens is 403 g/mol. The van der Waals surface area contributed by atoms with E-state index in [4.69, 9.17) is 4.74 Å². The smallest absolute Gasteiger partial charge is 0.410 e. The minimum atomic E-state index is -0.523. The number of fused-ring (bicyclic) bond motifs is 1. The van der Waals surface area contributed by atoms with E-state index in [-0.39, 0.29) is 17.7 Å². The van der Waals surface area contributed by atoms with Crippen LogP contribution < -0.4 is 4.90 Å². The quantitative estimate of drug-likeness (QED) is 0.692.